The number of ether oxygens (including phenoxy) is 1. The highest BCUT2D eigenvalue weighted by Crippen LogP contribution is 2.25. The van der Waals surface area contributed by atoms with Crippen LogP contribution in [0.5, 0.6) is 5.75 Å². The van der Waals surface area contributed by atoms with Gasteiger partial charge in [0.2, 0.25) is 0 Å². The van der Waals surface area contributed by atoms with E-state index >= 15 is 0 Å². The van der Waals surface area contributed by atoms with Gasteiger partial charge < -0.3 is 15.0 Å². The maximum absolute atomic E-state index is 12.9. The van der Waals surface area contributed by atoms with Crippen molar-refractivity contribution in [2.45, 2.75) is 32.2 Å². The highest BCUT2D eigenvalue weighted by molar-refractivity contribution is 5.97. The monoisotopic (exact) mass is 447 g/mol. The number of para-hydroxylation sites is 1. The summed E-state index contributed by atoms with van der Waals surface area (Å²) in [5, 5.41) is 13.3. The number of nitrogens with one attached hydrogen (secondary N) is 2. The molecule has 0 aliphatic carbocycles. The van der Waals surface area contributed by atoms with Crippen LogP contribution >= 0.6 is 0 Å². The second-order valence-corrected chi connectivity index (χ2v) is 8.00. The second kappa shape index (κ2) is 10.3. The fourth-order valence-corrected chi connectivity index (χ4v) is 4.11. The lowest BCUT2D eigenvalue weighted by Gasteiger charge is -2.33. The van der Waals surface area contributed by atoms with E-state index in [1.54, 1.807) is 19.4 Å². The molecule has 4 rings (SSSR count). The molecule has 172 valence electrons. The van der Waals surface area contributed by atoms with Crippen LogP contribution in [0, 0.1) is 0 Å². The lowest BCUT2D eigenvalue weighted by molar-refractivity contribution is 0.0926. The van der Waals surface area contributed by atoms with Crippen molar-refractivity contribution in [3.63, 3.8) is 0 Å². The van der Waals surface area contributed by atoms with Crippen LogP contribution in [0.1, 0.15) is 42.2 Å². The maximum atomic E-state index is 12.9. The minimum absolute atomic E-state index is 0.0740. The number of methoxy groups -OCH3 is 1. The normalized spacial score (nSPS) is 14.9. The van der Waals surface area contributed by atoms with Crippen molar-refractivity contribution < 1.29 is 14.7 Å². The van der Waals surface area contributed by atoms with Crippen molar-refractivity contribution in [2.24, 2.45) is 0 Å². The lowest BCUT2D eigenvalue weighted by atomic mass is 10.0. The number of carbonyl (C=O) groups excluding carboxylic acids is 1. The highest BCUT2D eigenvalue weighted by Gasteiger charge is 2.23. The first-order valence-electron chi connectivity index (χ1n) is 11.2. The Kier molecular flexibility index (Phi) is 7.04. The van der Waals surface area contributed by atoms with Crippen LogP contribution in [0.3, 0.4) is 0 Å². The first kappa shape index (κ1) is 22.5. The molecule has 1 aliphatic heterocycles. The molecule has 1 fully saturated rings. The van der Waals surface area contributed by atoms with E-state index in [1.165, 1.54) is 0 Å². The Morgan fingerprint density at radius 2 is 2.03 bits per heavy atom. The maximum Gasteiger partial charge on any atom is 0.270 e. The standard InChI is InChI=1S/C25H29N5O3/c1-3-6-20(29-32)17-9-10-24(26-16-17)30-13-11-18(12-14-30)27-25(31)22-15-23(33-2)19-7-4-5-8-21(19)28-22/h4-10,15-16,18,29,32H,3,11-14H2,1-2H3,(H,27,31)/b20-6-. The van der Waals surface area contributed by atoms with E-state index in [4.69, 9.17) is 4.74 Å². The molecule has 3 N–H and O–H groups in total. The van der Waals surface area contributed by atoms with Crippen LogP contribution in [0.2, 0.25) is 0 Å². The molecule has 3 heterocycles. The van der Waals surface area contributed by atoms with E-state index < -0.39 is 0 Å². The summed E-state index contributed by atoms with van der Waals surface area (Å²) < 4.78 is 5.46. The number of rotatable bonds is 7. The Hall–Kier alpha value is -3.65. The third-order valence-corrected chi connectivity index (χ3v) is 5.87. The molecule has 3 aromatic rings. The summed E-state index contributed by atoms with van der Waals surface area (Å²) in [6, 6.07) is 13.3. The Balaban J connectivity index is 1.37. The van der Waals surface area contributed by atoms with Crippen LogP contribution < -0.4 is 20.4 Å². The largest absolute Gasteiger partial charge is 0.496 e. The first-order valence-corrected chi connectivity index (χ1v) is 11.2. The molecule has 0 spiro atoms. The van der Waals surface area contributed by atoms with Crippen molar-refractivity contribution >= 4 is 28.3 Å². The van der Waals surface area contributed by atoms with E-state index in [0.29, 0.717) is 17.1 Å². The van der Waals surface area contributed by atoms with Gasteiger partial charge in [0, 0.05) is 42.3 Å². The summed E-state index contributed by atoms with van der Waals surface area (Å²) in [4.78, 5) is 24.2. The van der Waals surface area contributed by atoms with Crippen LogP contribution in [-0.2, 0) is 0 Å². The summed E-state index contributed by atoms with van der Waals surface area (Å²) in [6.07, 6.45) is 6.11. The molecule has 1 aliphatic rings. The zero-order chi connectivity index (χ0) is 23.2. The summed E-state index contributed by atoms with van der Waals surface area (Å²) in [5.74, 6) is 1.34. The van der Waals surface area contributed by atoms with Gasteiger partial charge in [0.15, 0.2) is 0 Å². The minimum Gasteiger partial charge on any atom is -0.496 e. The lowest BCUT2D eigenvalue weighted by Crippen LogP contribution is -2.45. The number of piperidine rings is 1. The SMILES string of the molecule is CC/C=C(\NO)c1ccc(N2CCC(NC(=O)c3cc(OC)c4ccccc4n3)CC2)nc1. The van der Waals surface area contributed by atoms with Crippen LogP contribution in [0.15, 0.2) is 54.7 Å². The molecule has 1 aromatic carbocycles. The van der Waals surface area contributed by atoms with E-state index in [9.17, 15) is 10.0 Å². The molecular formula is C25H29N5O3. The predicted molar refractivity (Wildman–Crippen MR) is 128 cm³/mol. The van der Waals surface area contributed by atoms with Gasteiger partial charge in [-0.25, -0.2) is 9.97 Å². The third kappa shape index (κ3) is 5.06. The van der Waals surface area contributed by atoms with Crippen molar-refractivity contribution in [3.05, 3.63) is 66.0 Å². The number of anilines is 1. The number of allylic oxidation sites excluding steroid dienone is 1. The number of benzene rings is 1. The van der Waals surface area contributed by atoms with Gasteiger partial charge in [-0.2, -0.15) is 0 Å². The van der Waals surface area contributed by atoms with Gasteiger partial charge in [0.05, 0.1) is 18.3 Å². The molecule has 0 unspecified atom stereocenters. The van der Waals surface area contributed by atoms with E-state index in [0.717, 1.165) is 54.6 Å². The molecule has 1 amide bonds. The molecule has 0 saturated carbocycles. The molecule has 0 atom stereocenters. The van der Waals surface area contributed by atoms with Gasteiger partial charge in [0.1, 0.15) is 17.3 Å². The first-order chi connectivity index (χ1) is 16.1. The Morgan fingerprint density at radius 1 is 1.24 bits per heavy atom. The molecule has 8 nitrogen and oxygen atoms in total. The Labute approximate surface area is 193 Å². The molecule has 0 radical (unpaired) electrons. The van der Waals surface area contributed by atoms with Crippen LogP contribution in [0.25, 0.3) is 16.6 Å². The van der Waals surface area contributed by atoms with E-state index in [2.05, 4.69) is 25.7 Å². The van der Waals surface area contributed by atoms with Crippen molar-refractivity contribution in [2.75, 3.05) is 25.1 Å². The number of aromatic nitrogens is 2. The molecular weight excluding hydrogens is 418 g/mol. The number of hydroxylamine groups is 1. The van der Waals surface area contributed by atoms with Gasteiger partial charge in [-0.05, 0) is 43.5 Å². The van der Waals surface area contributed by atoms with Gasteiger partial charge in [-0.1, -0.05) is 25.1 Å². The topological polar surface area (TPSA) is 99.6 Å². The van der Waals surface area contributed by atoms with Crippen molar-refractivity contribution in [1.29, 1.82) is 0 Å². The number of fused-ring (bicyclic) bond motifs is 1. The zero-order valence-corrected chi connectivity index (χ0v) is 18.9. The summed E-state index contributed by atoms with van der Waals surface area (Å²) >= 11 is 0. The quantitative estimate of drug-likeness (QED) is 0.474. The zero-order valence-electron chi connectivity index (χ0n) is 18.9. The van der Waals surface area contributed by atoms with Crippen molar-refractivity contribution in [1.82, 2.24) is 20.8 Å². The molecule has 0 bridgehead atoms. The highest BCUT2D eigenvalue weighted by atomic mass is 16.5. The van der Waals surface area contributed by atoms with Crippen LogP contribution in [-0.4, -0.2) is 47.3 Å². The third-order valence-electron chi connectivity index (χ3n) is 5.87. The van der Waals surface area contributed by atoms with Crippen molar-refractivity contribution in [3.8, 4) is 5.75 Å². The summed E-state index contributed by atoms with van der Waals surface area (Å²) in [6.45, 7) is 3.60. The van der Waals surface area contributed by atoms with Gasteiger partial charge in [-0.3, -0.25) is 15.5 Å². The smallest absolute Gasteiger partial charge is 0.270 e. The van der Waals surface area contributed by atoms with Gasteiger partial charge in [0.25, 0.3) is 5.91 Å². The minimum atomic E-state index is -0.188. The molecule has 1 saturated heterocycles. The van der Waals surface area contributed by atoms with E-state index in [1.807, 2.05) is 49.4 Å². The number of carbonyl (C=O) groups is 1. The Morgan fingerprint density at radius 3 is 2.70 bits per heavy atom. The summed E-state index contributed by atoms with van der Waals surface area (Å²) in [7, 11) is 1.60. The number of hydrogen-bond acceptors (Lipinski definition) is 7. The van der Waals surface area contributed by atoms with Crippen LogP contribution in [0.4, 0.5) is 5.82 Å². The fourth-order valence-electron chi connectivity index (χ4n) is 4.11. The molecule has 33 heavy (non-hydrogen) atoms. The van der Waals surface area contributed by atoms with Gasteiger partial charge >= 0.3 is 0 Å². The average Bonchev–Trinajstić information content (AvgIpc) is 2.87. The molecule has 8 heteroatoms. The van der Waals surface area contributed by atoms with Gasteiger partial charge in [-0.15, -0.1) is 0 Å². The Bertz CT molecular complexity index is 1140. The number of pyridine rings is 2. The fraction of sp³-hybridized carbons (Fsp3) is 0.320. The number of hydrogen-bond donors (Lipinski definition) is 3. The molecule has 2 aromatic heterocycles. The predicted octanol–water partition coefficient (Wildman–Crippen LogP) is 3.77. The summed E-state index contributed by atoms with van der Waals surface area (Å²) in [5.41, 5.74) is 4.81. The van der Waals surface area contributed by atoms with E-state index in [-0.39, 0.29) is 11.9 Å². The number of amides is 1. The average molecular weight is 448 g/mol. The second-order valence-electron chi connectivity index (χ2n) is 8.00. The number of nitrogens with zero attached hydrogens (tertiary/aromatic N) is 3.